The number of nitrogens with one attached hydrogen (secondary N) is 1. The number of hydrogen-bond donors (Lipinski definition) is 1. The van der Waals surface area contributed by atoms with E-state index in [1.165, 1.54) is 12.1 Å². The molecule has 3 heterocycles. The van der Waals surface area contributed by atoms with Gasteiger partial charge in [-0.25, -0.2) is 4.98 Å². The van der Waals surface area contributed by atoms with Crippen LogP contribution in [0, 0.1) is 0 Å². The van der Waals surface area contributed by atoms with E-state index in [1.807, 2.05) is 6.07 Å². The van der Waals surface area contributed by atoms with Crippen molar-refractivity contribution in [3.05, 3.63) is 90.1 Å². The maximum atomic E-state index is 12.7. The van der Waals surface area contributed by atoms with Gasteiger partial charge >= 0.3 is 6.18 Å². The smallest absolute Gasteiger partial charge is 0.347 e. The molecule has 5 nitrogen and oxygen atoms in total. The fourth-order valence-corrected chi connectivity index (χ4v) is 2.90. The number of nitrogens with zero attached hydrogens (tertiary/aromatic N) is 3. The van der Waals surface area contributed by atoms with E-state index >= 15 is 0 Å². The standard InChI is InChI=1S/C21H15F3N4O/c22-21(23,24)17-6-3-15(4-7-17)16-5-8-19-27-18(13-28(19)12-16)20(29)26-11-14-2-1-9-25-10-14/h1-10,12-13H,11H2,(H,26,29). The van der Waals surface area contributed by atoms with E-state index in [-0.39, 0.29) is 11.6 Å². The molecule has 0 aliphatic heterocycles. The van der Waals surface area contributed by atoms with Gasteiger partial charge in [-0.2, -0.15) is 13.2 Å². The highest BCUT2D eigenvalue weighted by Crippen LogP contribution is 2.31. The average molecular weight is 396 g/mol. The van der Waals surface area contributed by atoms with E-state index in [4.69, 9.17) is 0 Å². The lowest BCUT2D eigenvalue weighted by Crippen LogP contribution is -2.23. The van der Waals surface area contributed by atoms with Crippen LogP contribution in [0.5, 0.6) is 0 Å². The molecule has 0 unspecified atom stereocenters. The molecule has 1 N–H and O–H groups in total. The van der Waals surface area contributed by atoms with Crippen LogP contribution >= 0.6 is 0 Å². The van der Waals surface area contributed by atoms with Crippen molar-refractivity contribution in [3.63, 3.8) is 0 Å². The van der Waals surface area contributed by atoms with Gasteiger partial charge in [0.2, 0.25) is 0 Å². The second-order valence-electron chi connectivity index (χ2n) is 6.43. The summed E-state index contributed by atoms with van der Waals surface area (Å²) in [6.45, 7) is 0.331. The second kappa shape index (κ2) is 7.38. The Morgan fingerprint density at radius 2 is 1.76 bits per heavy atom. The van der Waals surface area contributed by atoms with Gasteiger partial charge in [0.25, 0.3) is 5.91 Å². The summed E-state index contributed by atoms with van der Waals surface area (Å²) in [5.41, 5.74) is 2.33. The van der Waals surface area contributed by atoms with Gasteiger partial charge in [0.05, 0.1) is 5.56 Å². The largest absolute Gasteiger partial charge is 0.416 e. The van der Waals surface area contributed by atoms with E-state index < -0.39 is 11.7 Å². The zero-order chi connectivity index (χ0) is 20.4. The lowest BCUT2D eigenvalue weighted by molar-refractivity contribution is -0.137. The van der Waals surface area contributed by atoms with Gasteiger partial charge in [-0.1, -0.05) is 18.2 Å². The number of halogens is 3. The van der Waals surface area contributed by atoms with Crippen LogP contribution in [0.3, 0.4) is 0 Å². The van der Waals surface area contributed by atoms with Crippen LogP contribution in [0.4, 0.5) is 13.2 Å². The highest BCUT2D eigenvalue weighted by molar-refractivity contribution is 5.92. The van der Waals surface area contributed by atoms with E-state index in [2.05, 4.69) is 15.3 Å². The summed E-state index contributed by atoms with van der Waals surface area (Å²) in [5.74, 6) is -0.325. The molecule has 29 heavy (non-hydrogen) atoms. The fourth-order valence-electron chi connectivity index (χ4n) is 2.90. The molecule has 1 amide bonds. The topological polar surface area (TPSA) is 59.3 Å². The van der Waals surface area contributed by atoms with E-state index in [9.17, 15) is 18.0 Å². The zero-order valence-corrected chi connectivity index (χ0v) is 15.0. The van der Waals surface area contributed by atoms with Crippen LogP contribution in [0.25, 0.3) is 16.8 Å². The number of imidazole rings is 1. The first kappa shape index (κ1) is 18.7. The number of pyridine rings is 2. The summed E-state index contributed by atoms with van der Waals surface area (Å²) in [6, 6.07) is 12.0. The quantitative estimate of drug-likeness (QED) is 0.558. The minimum absolute atomic E-state index is 0.249. The molecule has 4 aromatic rings. The Labute approximate surface area is 163 Å². The number of fused-ring (bicyclic) bond motifs is 1. The Balaban J connectivity index is 1.53. The molecule has 0 bridgehead atoms. The van der Waals surface area contributed by atoms with Gasteiger partial charge in [0, 0.05) is 31.3 Å². The Kier molecular flexibility index (Phi) is 4.75. The molecule has 3 aromatic heterocycles. The first-order chi connectivity index (χ1) is 13.9. The molecule has 4 rings (SSSR count). The number of carbonyl (C=O) groups excluding carboxylic acids is 1. The van der Waals surface area contributed by atoms with Gasteiger partial charge < -0.3 is 9.72 Å². The third-order valence-corrected chi connectivity index (χ3v) is 4.41. The molecule has 146 valence electrons. The van der Waals surface area contributed by atoms with E-state index in [0.29, 0.717) is 23.3 Å². The monoisotopic (exact) mass is 396 g/mol. The fraction of sp³-hybridized carbons (Fsp3) is 0.0952. The van der Waals surface area contributed by atoms with Crippen molar-refractivity contribution < 1.29 is 18.0 Å². The number of hydrogen-bond acceptors (Lipinski definition) is 3. The van der Waals surface area contributed by atoms with Crippen molar-refractivity contribution in [2.45, 2.75) is 12.7 Å². The third-order valence-electron chi connectivity index (χ3n) is 4.41. The highest BCUT2D eigenvalue weighted by Gasteiger charge is 2.29. The molecule has 0 spiro atoms. The predicted octanol–water partition coefficient (Wildman–Crippen LogP) is 4.35. The van der Waals surface area contributed by atoms with Crippen molar-refractivity contribution in [3.8, 4) is 11.1 Å². The van der Waals surface area contributed by atoms with Crippen LogP contribution in [0.15, 0.2) is 73.3 Å². The molecule has 1 aromatic carbocycles. The van der Waals surface area contributed by atoms with Crippen molar-refractivity contribution in [1.29, 1.82) is 0 Å². The molecule has 0 saturated heterocycles. The Morgan fingerprint density at radius 3 is 2.45 bits per heavy atom. The number of alkyl halides is 3. The van der Waals surface area contributed by atoms with Crippen LogP contribution in [-0.2, 0) is 12.7 Å². The number of benzene rings is 1. The minimum Gasteiger partial charge on any atom is -0.347 e. The first-order valence-corrected chi connectivity index (χ1v) is 8.74. The van der Waals surface area contributed by atoms with Crippen LogP contribution < -0.4 is 5.32 Å². The van der Waals surface area contributed by atoms with Gasteiger partial charge in [0.1, 0.15) is 11.3 Å². The van der Waals surface area contributed by atoms with Crippen molar-refractivity contribution in [2.75, 3.05) is 0 Å². The summed E-state index contributed by atoms with van der Waals surface area (Å²) in [7, 11) is 0. The Hall–Kier alpha value is -3.68. The molecule has 0 saturated carbocycles. The van der Waals surface area contributed by atoms with Crippen molar-refractivity contribution in [2.24, 2.45) is 0 Å². The lowest BCUT2D eigenvalue weighted by Gasteiger charge is -2.08. The summed E-state index contributed by atoms with van der Waals surface area (Å²) < 4.78 is 39.9. The average Bonchev–Trinajstić information content (AvgIpc) is 3.16. The molecule has 0 atom stereocenters. The maximum Gasteiger partial charge on any atom is 0.416 e. The van der Waals surface area contributed by atoms with Gasteiger partial charge in [-0.15, -0.1) is 0 Å². The summed E-state index contributed by atoms with van der Waals surface area (Å²) in [4.78, 5) is 20.6. The van der Waals surface area contributed by atoms with Gasteiger partial charge in [-0.05, 0) is 47.0 Å². The van der Waals surface area contributed by atoms with Gasteiger partial charge in [0.15, 0.2) is 0 Å². The molecule has 0 aliphatic carbocycles. The molecule has 0 aliphatic rings. The third kappa shape index (κ3) is 4.11. The minimum atomic E-state index is -4.37. The second-order valence-corrected chi connectivity index (χ2v) is 6.43. The SMILES string of the molecule is O=C(NCc1cccnc1)c1cn2cc(-c3ccc(C(F)(F)F)cc3)ccc2n1. The van der Waals surface area contributed by atoms with Gasteiger partial charge in [-0.3, -0.25) is 9.78 Å². The zero-order valence-electron chi connectivity index (χ0n) is 15.0. The molecule has 8 heteroatoms. The summed E-state index contributed by atoms with van der Waals surface area (Å²) >= 11 is 0. The number of carbonyl (C=O) groups is 1. The predicted molar refractivity (Wildman–Crippen MR) is 101 cm³/mol. The Bertz CT molecular complexity index is 1150. The molecular formula is C21H15F3N4O. The number of aromatic nitrogens is 3. The maximum absolute atomic E-state index is 12.7. The van der Waals surface area contributed by atoms with Crippen LogP contribution in [0.1, 0.15) is 21.6 Å². The van der Waals surface area contributed by atoms with Crippen LogP contribution in [0.2, 0.25) is 0 Å². The summed E-state index contributed by atoms with van der Waals surface area (Å²) in [6.07, 6.45) is 2.26. The van der Waals surface area contributed by atoms with E-state index in [0.717, 1.165) is 17.7 Å². The first-order valence-electron chi connectivity index (χ1n) is 8.74. The molecule has 0 radical (unpaired) electrons. The lowest BCUT2D eigenvalue weighted by atomic mass is 10.1. The Morgan fingerprint density at radius 1 is 1.00 bits per heavy atom. The highest BCUT2D eigenvalue weighted by atomic mass is 19.4. The number of rotatable bonds is 4. The van der Waals surface area contributed by atoms with Crippen molar-refractivity contribution >= 4 is 11.6 Å². The van der Waals surface area contributed by atoms with Crippen LogP contribution in [-0.4, -0.2) is 20.3 Å². The number of amides is 1. The normalized spacial score (nSPS) is 11.6. The molecule has 0 fully saturated rings. The van der Waals surface area contributed by atoms with E-state index in [1.54, 1.807) is 47.4 Å². The molecular weight excluding hydrogens is 381 g/mol. The van der Waals surface area contributed by atoms with Crippen molar-refractivity contribution in [1.82, 2.24) is 19.7 Å². The summed E-state index contributed by atoms with van der Waals surface area (Å²) in [5, 5.41) is 2.78.